The van der Waals surface area contributed by atoms with E-state index in [0.29, 0.717) is 36.1 Å². The Morgan fingerprint density at radius 1 is 1.19 bits per heavy atom. The van der Waals surface area contributed by atoms with Gasteiger partial charge in [0.15, 0.2) is 11.6 Å². The lowest BCUT2D eigenvalue weighted by Gasteiger charge is -2.13. The first kappa shape index (κ1) is 18.3. The van der Waals surface area contributed by atoms with Crippen molar-refractivity contribution in [3.63, 3.8) is 0 Å². The fraction of sp³-hybridized carbons (Fsp3) is 0.167. The number of carboxylic acids is 1. The molecule has 3 rings (SSSR count). The summed E-state index contributed by atoms with van der Waals surface area (Å²) in [6, 6.07) is 5.64. The van der Waals surface area contributed by atoms with Gasteiger partial charge in [-0.3, -0.25) is 0 Å². The molecule has 0 heterocycles. The second-order valence-corrected chi connectivity index (χ2v) is 6.10. The third kappa shape index (κ3) is 3.67. The number of hydrogen-bond donors (Lipinski definition) is 1. The lowest BCUT2D eigenvalue weighted by Crippen LogP contribution is -2.06. The number of rotatable bonds is 3. The zero-order valence-electron chi connectivity index (χ0n) is 13.0. The Balaban J connectivity index is 1.95. The van der Waals surface area contributed by atoms with Gasteiger partial charge < -0.3 is 9.84 Å². The highest BCUT2D eigenvalue weighted by molar-refractivity contribution is 6.32. The van der Waals surface area contributed by atoms with Crippen LogP contribution in [0.3, 0.4) is 0 Å². The summed E-state index contributed by atoms with van der Waals surface area (Å²) in [5, 5.41) is 8.39. The molecule has 0 amide bonds. The molecule has 0 radical (unpaired) electrons. The molecule has 0 bridgehead atoms. The average Bonchev–Trinajstić information content (AvgIpc) is 2.91. The van der Waals surface area contributed by atoms with Crippen LogP contribution in [0.5, 0.6) is 11.5 Å². The van der Waals surface area contributed by atoms with Gasteiger partial charge in [-0.15, -0.1) is 0 Å². The maximum atomic E-state index is 14.1. The van der Waals surface area contributed by atoms with Gasteiger partial charge in [-0.1, -0.05) is 17.7 Å². The monoisotopic (exact) mass is 386 g/mol. The number of fused-ring (bicyclic) bond motifs is 1. The topological polar surface area (TPSA) is 46.5 Å². The van der Waals surface area contributed by atoms with E-state index in [-0.39, 0.29) is 5.75 Å². The van der Waals surface area contributed by atoms with Gasteiger partial charge in [0.25, 0.3) is 0 Å². The van der Waals surface area contributed by atoms with E-state index in [4.69, 9.17) is 21.4 Å². The maximum Gasteiger partial charge on any atom is 0.416 e. The summed E-state index contributed by atoms with van der Waals surface area (Å²) in [6.45, 7) is 0. The van der Waals surface area contributed by atoms with Crippen molar-refractivity contribution in [3.8, 4) is 11.5 Å². The predicted molar refractivity (Wildman–Crippen MR) is 86.9 cm³/mol. The molecule has 0 saturated heterocycles. The number of alkyl halides is 3. The van der Waals surface area contributed by atoms with E-state index in [9.17, 15) is 22.4 Å². The van der Waals surface area contributed by atoms with Crippen LogP contribution >= 0.6 is 11.6 Å². The molecule has 1 aliphatic rings. The van der Waals surface area contributed by atoms with Crippen molar-refractivity contribution in [2.75, 3.05) is 0 Å². The molecule has 2 aromatic carbocycles. The summed E-state index contributed by atoms with van der Waals surface area (Å²) in [7, 11) is 0. The SMILES string of the molecule is O=C(O)C=C1CCc2ccc(Oc3c(F)cc(C(F)(F)F)cc3Cl)cc21. The lowest BCUT2D eigenvalue weighted by atomic mass is 10.1. The van der Waals surface area contributed by atoms with Gasteiger partial charge in [-0.05, 0) is 53.8 Å². The average molecular weight is 387 g/mol. The van der Waals surface area contributed by atoms with Gasteiger partial charge in [0, 0.05) is 6.08 Å². The van der Waals surface area contributed by atoms with Crippen molar-refractivity contribution in [1.29, 1.82) is 0 Å². The van der Waals surface area contributed by atoms with E-state index in [0.717, 1.165) is 11.6 Å². The molecular formula is C18H11ClF4O3. The van der Waals surface area contributed by atoms with Crippen LogP contribution in [0.1, 0.15) is 23.1 Å². The molecule has 136 valence electrons. The maximum absolute atomic E-state index is 14.1. The summed E-state index contributed by atoms with van der Waals surface area (Å²) in [5.74, 6) is -2.72. The largest absolute Gasteiger partial charge is 0.478 e. The molecule has 0 unspecified atom stereocenters. The van der Waals surface area contributed by atoms with Crippen LogP contribution in [0.25, 0.3) is 5.57 Å². The zero-order valence-corrected chi connectivity index (χ0v) is 13.8. The smallest absolute Gasteiger partial charge is 0.416 e. The molecule has 0 aromatic heterocycles. The highest BCUT2D eigenvalue weighted by atomic mass is 35.5. The van der Waals surface area contributed by atoms with E-state index in [1.165, 1.54) is 12.1 Å². The van der Waals surface area contributed by atoms with Crippen molar-refractivity contribution in [1.82, 2.24) is 0 Å². The molecule has 1 N–H and O–H groups in total. The van der Waals surface area contributed by atoms with Crippen LogP contribution in [0.15, 0.2) is 36.4 Å². The van der Waals surface area contributed by atoms with Crippen molar-refractivity contribution in [2.45, 2.75) is 19.0 Å². The number of aryl methyl sites for hydroxylation is 1. The van der Waals surface area contributed by atoms with Crippen LogP contribution < -0.4 is 4.74 Å². The summed E-state index contributed by atoms with van der Waals surface area (Å²) in [4.78, 5) is 10.9. The third-order valence-corrected chi connectivity index (χ3v) is 4.21. The number of halogens is 5. The molecule has 0 atom stereocenters. The Morgan fingerprint density at radius 3 is 2.54 bits per heavy atom. The van der Waals surface area contributed by atoms with E-state index < -0.39 is 34.3 Å². The van der Waals surface area contributed by atoms with Gasteiger partial charge in [0.2, 0.25) is 0 Å². The van der Waals surface area contributed by atoms with E-state index in [1.807, 2.05) is 0 Å². The summed E-state index contributed by atoms with van der Waals surface area (Å²) in [5.41, 5.74) is 0.932. The van der Waals surface area contributed by atoms with Gasteiger partial charge >= 0.3 is 12.1 Å². The molecule has 0 fully saturated rings. The van der Waals surface area contributed by atoms with Crippen molar-refractivity contribution >= 4 is 23.1 Å². The first-order valence-electron chi connectivity index (χ1n) is 7.46. The summed E-state index contributed by atoms with van der Waals surface area (Å²) < 4.78 is 57.4. The number of ether oxygens (including phenoxy) is 1. The quantitative estimate of drug-likeness (QED) is 0.543. The van der Waals surface area contributed by atoms with Crippen molar-refractivity contribution < 1.29 is 32.2 Å². The second-order valence-electron chi connectivity index (χ2n) is 5.70. The first-order chi connectivity index (χ1) is 12.1. The Bertz CT molecular complexity index is 896. The fourth-order valence-electron chi connectivity index (χ4n) is 2.78. The highest BCUT2D eigenvalue weighted by Gasteiger charge is 2.32. The predicted octanol–water partition coefficient (Wildman–Crippen LogP) is 5.70. The first-order valence-corrected chi connectivity index (χ1v) is 7.84. The molecule has 0 aliphatic heterocycles. The number of benzene rings is 2. The number of aliphatic carboxylic acids is 1. The van der Waals surface area contributed by atoms with Crippen LogP contribution in [0, 0.1) is 5.82 Å². The summed E-state index contributed by atoms with van der Waals surface area (Å²) >= 11 is 5.75. The minimum atomic E-state index is -4.73. The van der Waals surface area contributed by atoms with E-state index in [2.05, 4.69) is 0 Å². The van der Waals surface area contributed by atoms with E-state index >= 15 is 0 Å². The van der Waals surface area contributed by atoms with Gasteiger partial charge in [0.05, 0.1) is 10.6 Å². The minimum absolute atomic E-state index is 0.141. The van der Waals surface area contributed by atoms with Gasteiger partial charge in [-0.25, -0.2) is 9.18 Å². The standard InChI is InChI=1S/C18H11ClF4O3/c19-14-6-11(18(21,22)23)7-15(20)17(14)26-12-4-3-9-1-2-10(5-16(24)25)13(9)8-12/h3-8H,1-2H2,(H,24,25). The number of allylic oxidation sites excluding steroid dienone is 1. The molecule has 1 aliphatic carbocycles. The van der Waals surface area contributed by atoms with Crippen LogP contribution in [-0.4, -0.2) is 11.1 Å². The number of carbonyl (C=O) groups is 1. The Morgan fingerprint density at radius 2 is 1.92 bits per heavy atom. The Hall–Kier alpha value is -2.54. The molecule has 8 heteroatoms. The normalized spacial score (nSPS) is 15.2. The molecule has 2 aromatic rings. The van der Waals surface area contributed by atoms with Crippen molar-refractivity contribution in [2.24, 2.45) is 0 Å². The third-order valence-electron chi connectivity index (χ3n) is 3.93. The number of hydrogen-bond acceptors (Lipinski definition) is 2. The fourth-order valence-corrected chi connectivity index (χ4v) is 3.02. The van der Waals surface area contributed by atoms with Crippen molar-refractivity contribution in [3.05, 3.63) is 63.9 Å². The van der Waals surface area contributed by atoms with Crippen LogP contribution in [-0.2, 0) is 17.4 Å². The molecule has 0 saturated carbocycles. The van der Waals surface area contributed by atoms with Crippen LogP contribution in [0.4, 0.5) is 17.6 Å². The summed E-state index contributed by atoms with van der Waals surface area (Å²) in [6.07, 6.45) is -2.45. The Labute approximate surface area is 150 Å². The van der Waals surface area contributed by atoms with E-state index in [1.54, 1.807) is 6.07 Å². The molecular weight excluding hydrogens is 376 g/mol. The molecule has 3 nitrogen and oxygen atoms in total. The number of carboxylic acid groups (broad SMARTS) is 1. The van der Waals surface area contributed by atoms with Crippen LogP contribution in [0.2, 0.25) is 5.02 Å². The minimum Gasteiger partial charge on any atom is -0.478 e. The highest BCUT2D eigenvalue weighted by Crippen LogP contribution is 2.40. The Kier molecular flexibility index (Phi) is 4.66. The molecule has 0 spiro atoms. The second kappa shape index (κ2) is 6.64. The zero-order chi connectivity index (χ0) is 19.1. The van der Waals surface area contributed by atoms with Gasteiger partial charge in [0.1, 0.15) is 5.75 Å². The van der Waals surface area contributed by atoms with Gasteiger partial charge in [-0.2, -0.15) is 13.2 Å². The molecule has 26 heavy (non-hydrogen) atoms. The lowest BCUT2D eigenvalue weighted by molar-refractivity contribution is -0.137.